The number of aryl methyl sites for hydroxylation is 2. The molecule has 1 heterocycles. The Bertz CT molecular complexity index is 599. The molecule has 0 spiro atoms. The summed E-state index contributed by atoms with van der Waals surface area (Å²) in [5.41, 5.74) is 3.64. The zero-order valence-electron chi connectivity index (χ0n) is 15.0. The van der Waals surface area contributed by atoms with E-state index >= 15 is 0 Å². The van der Waals surface area contributed by atoms with Gasteiger partial charge in [-0.3, -0.25) is 0 Å². The summed E-state index contributed by atoms with van der Waals surface area (Å²) in [7, 11) is 0. The first-order valence-electron chi connectivity index (χ1n) is 8.41. The minimum Gasteiger partial charge on any atom is -0.457 e. The number of carbonyl (C=O) groups is 2. The molecular weight excluding hydrogens is 308 g/mol. The highest BCUT2D eigenvalue weighted by Gasteiger charge is 2.34. The zero-order chi connectivity index (χ0) is 17.9. The molecule has 1 fully saturated rings. The van der Waals surface area contributed by atoms with Crippen molar-refractivity contribution in [2.24, 2.45) is 0 Å². The standard InChI is InChI=1S/C19H26O5/c1-6-16-17(9-13(4)23-16)24-18(20)10-22-19(21)15-7-11(2)14(5)12(3)8-15/h7-8,13,16-17H,6,9-10H2,1-5H3. The van der Waals surface area contributed by atoms with Crippen molar-refractivity contribution in [2.45, 2.75) is 65.8 Å². The first-order chi connectivity index (χ1) is 11.3. The summed E-state index contributed by atoms with van der Waals surface area (Å²) in [6.45, 7) is 9.46. The summed E-state index contributed by atoms with van der Waals surface area (Å²) < 4.78 is 16.2. The summed E-state index contributed by atoms with van der Waals surface area (Å²) in [4.78, 5) is 24.1. The maximum absolute atomic E-state index is 12.1. The maximum atomic E-state index is 12.1. The number of benzene rings is 1. The smallest absolute Gasteiger partial charge is 0.344 e. The molecule has 3 unspecified atom stereocenters. The largest absolute Gasteiger partial charge is 0.457 e. The van der Waals surface area contributed by atoms with Crippen molar-refractivity contribution in [3.8, 4) is 0 Å². The SMILES string of the molecule is CCC1OC(C)CC1OC(=O)COC(=O)c1cc(C)c(C)c(C)c1. The molecule has 0 aliphatic carbocycles. The molecule has 1 aliphatic rings. The van der Waals surface area contributed by atoms with Crippen LogP contribution in [0.15, 0.2) is 12.1 Å². The number of hydrogen-bond donors (Lipinski definition) is 0. The normalized spacial score (nSPS) is 23.1. The molecule has 1 saturated heterocycles. The lowest BCUT2D eigenvalue weighted by Gasteiger charge is -2.17. The van der Waals surface area contributed by atoms with Gasteiger partial charge in [0.2, 0.25) is 0 Å². The van der Waals surface area contributed by atoms with Gasteiger partial charge in [0.25, 0.3) is 0 Å². The molecule has 0 aromatic heterocycles. The molecule has 0 bridgehead atoms. The Morgan fingerprint density at radius 3 is 2.42 bits per heavy atom. The van der Waals surface area contributed by atoms with Crippen LogP contribution in [-0.4, -0.2) is 36.9 Å². The number of ether oxygens (including phenoxy) is 3. The highest BCUT2D eigenvalue weighted by molar-refractivity contribution is 5.91. The molecule has 1 aromatic rings. The van der Waals surface area contributed by atoms with E-state index < -0.39 is 11.9 Å². The van der Waals surface area contributed by atoms with Crippen LogP contribution in [0.1, 0.15) is 53.7 Å². The van der Waals surface area contributed by atoms with Gasteiger partial charge < -0.3 is 14.2 Å². The van der Waals surface area contributed by atoms with Gasteiger partial charge in [0, 0.05) is 6.42 Å². The second kappa shape index (κ2) is 7.79. The number of carbonyl (C=O) groups excluding carboxylic acids is 2. The van der Waals surface area contributed by atoms with Crippen LogP contribution in [0.25, 0.3) is 0 Å². The summed E-state index contributed by atoms with van der Waals surface area (Å²) in [5.74, 6) is -1.05. The number of rotatable bonds is 5. The predicted molar refractivity (Wildman–Crippen MR) is 90.1 cm³/mol. The molecular formula is C19H26O5. The Kier molecular flexibility index (Phi) is 5.99. The summed E-state index contributed by atoms with van der Waals surface area (Å²) in [6, 6.07) is 3.55. The van der Waals surface area contributed by atoms with Crippen LogP contribution in [0.4, 0.5) is 0 Å². The van der Waals surface area contributed by atoms with E-state index in [0.29, 0.717) is 12.0 Å². The van der Waals surface area contributed by atoms with E-state index in [1.54, 1.807) is 12.1 Å². The molecule has 0 amide bonds. The molecule has 5 nitrogen and oxygen atoms in total. The fraction of sp³-hybridized carbons (Fsp3) is 0.579. The fourth-order valence-corrected chi connectivity index (χ4v) is 2.97. The number of hydrogen-bond acceptors (Lipinski definition) is 5. The van der Waals surface area contributed by atoms with E-state index in [1.165, 1.54) is 0 Å². The van der Waals surface area contributed by atoms with Crippen LogP contribution in [0.5, 0.6) is 0 Å². The Labute approximate surface area is 143 Å². The van der Waals surface area contributed by atoms with E-state index in [-0.39, 0.29) is 24.9 Å². The van der Waals surface area contributed by atoms with Gasteiger partial charge in [-0.1, -0.05) is 6.92 Å². The second-order valence-electron chi connectivity index (χ2n) is 6.47. The van der Waals surface area contributed by atoms with E-state index in [9.17, 15) is 9.59 Å². The highest BCUT2D eigenvalue weighted by Crippen LogP contribution is 2.25. The van der Waals surface area contributed by atoms with Crippen molar-refractivity contribution in [1.29, 1.82) is 0 Å². The van der Waals surface area contributed by atoms with Crippen molar-refractivity contribution < 1.29 is 23.8 Å². The lowest BCUT2D eigenvalue weighted by molar-refractivity contribution is -0.155. The van der Waals surface area contributed by atoms with E-state index in [1.807, 2.05) is 34.6 Å². The molecule has 132 valence electrons. The average molecular weight is 334 g/mol. The first kappa shape index (κ1) is 18.5. The fourth-order valence-electron chi connectivity index (χ4n) is 2.97. The van der Waals surface area contributed by atoms with Gasteiger partial charge in [-0.15, -0.1) is 0 Å². The van der Waals surface area contributed by atoms with Crippen LogP contribution in [0.3, 0.4) is 0 Å². The van der Waals surface area contributed by atoms with E-state index in [2.05, 4.69) is 0 Å². The Balaban J connectivity index is 1.88. The third-order valence-electron chi connectivity index (χ3n) is 4.56. The van der Waals surface area contributed by atoms with E-state index in [0.717, 1.165) is 23.1 Å². The second-order valence-corrected chi connectivity index (χ2v) is 6.47. The summed E-state index contributed by atoms with van der Waals surface area (Å²) >= 11 is 0. The topological polar surface area (TPSA) is 61.8 Å². The van der Waals surface area contributed by atoms with Crippen LogP contribution in [-0.2, 0) is 19.0 Å². The first-order valence-corrected chi connectivity index (χ1v) is 8.41. The highest BCUT2D eigenvalue weighted by atomic mass is 16.6. The molecule has 0 saturated carbocycles. The molecule has 0 radical (unpaired) electrons. The van der Waals surface area contributed by atoms with Crippen LogP contribution < -0.4 is 0 Å². The van der Waals surface area contributed by atoms with Gasteiger partial charge in [0.15, 0.2) is 6.61 Å². The Morgan fingerprint density at radius 2 is 1.83 bits per heavy atom. The lowest BCUT2D eigenvalue weighted by Crippen LogP contribution is -2.29. The Morgan fingerprint density at radius 1 is 1.21 bits per heavy atom. The van der Waals surface area contributed by atoms with Crippen LogP contribution in [0, 0.1) is 20.8 Å². The van der Waals surface area contributed by atoms with Crippen molar-refractivity contribution >= 4 is 11.9 Å². The van der Waals surface area contributed by atoms with Gasteiger partial charge in [0.1, 0.15) is 6.10 Å². The molecule has 1 aromatic carbocycles. The van der Waals surface area contributed by atoms with Gasteiger partial charge in [-0.25, -0.2) is 9.59 Å². The molecule has 5 heteroatoms. The zero-order valence-corrected chi connectivity index (χ0v) is 15.0. The van der Waals surface area contributed by atoms with Gasteiger partial charge in [0.05, 0.1) is 17.8 Å². The minimum absolute atomic E-state index is 0.0776. The van der Waals surface area contributed by atoms with Gasteiger partial charge in [-0.05, 0) is 62.9 Å². The van der Waals surface area contributed by atoms with Gasteiger partial charge in [-0.2, -0.15) is 0 Å². The minimum atomic E-state index is -0.537. The van der Waals surface area contributed by atoms with Crippen molar-refractivity contribution in [3.63, 3.8) is 0 Å². The van der Waals surface area contributed by atoms with Gasteiger partial charge >= 0.3 is 11.9 Å². The van der Waals surface area contributed by atoms with Crippen molar-refractivity contribution in [1.82, 2.24) is 0 Å². The summed E-state index contributed by atoms with van der Waals surface area (Å²) in [5, 5.41) is 0. The Hall–Kier alpha value is -1.88. The lowest BCUT2D eigenvalue weighted by atomic mass is 10.0. The molecule has 3 atom stereocenters. The predicted octanol–water partition coefficient (Wildman–Crippen LogP) is 3.27. The number of esters is 2. The quantitative estimate of drug-likeness (QED) is 0.774. The monoisotopic (exact) mass is 334 g/mol. The third kappa shape index (κ3) is 4.35. The van der Waals surface area contributed by atoms with Crippen LogP contribution in [0.2, 0.25) is 0 Å². The molecule has 1 aliphatic heterocycles. The third-order valence-corrected chi connectivity index (χ3v) is 4.56. The van der Waals surface area contributed by atoms with Crippen molar-refractivity contribution in [2.75, 3.05) is 6.61 Å². The molecule has 2 rings (SSSR count). The summed E-state index contributed by atoms with van der Waals surface area (Å²) in [6.07, 6.45) is 1.19. The van der Waals surface area contributed by atoms with Crippen LogP contribution >= 0.6 is 0 Å². The van der Waals surface area contributed by atoms with Crippen molar-refractivity contribution in [3.05, 3.63) is 34.4 Å². The molecule has 0 N–H and O–H groups in total. The van der Waals surface area contributed by atoms with E-state index in [4.69, 9.17) is 14.2 Å². The maximum Gasteiger partial charge on any atom is 0.344 e. The molecule has 24 heavy (non-hydrogen) atoms. The average Bonchev–Trinajstić information content (AvgIpc) is 2.89.